The van der Waals surface area contributed by atoms with Crippen molar-refractivity contribution in [2.75, 3.05) is 0 Å². The maximum atomic E-state index is 2.39. The van der Waals surface area contributed by atoms with Crippen molar-refractivity contribution in [3.63, 3.8) is 0 Å². The van der Waals surface area contributed by atoms with Crippen LogP contribution in [0.3, 0.4) is 0 Å². The monoisotopic (exact) mass is 214 g/mol. The molecule has 0 N–H and O–H groups in total. The van der Waals surface area contributed by atoms with Crippen molar-refractivity contribution in [2.45, 2.75) is 46.0 Å². The number of benzene rings is 1. The molecule has 0 nitrogen and oxygen atoms in total. The number of allylic oxidation sites excluding steroid dienone is 2. The predicted octanol–water partition coefficient (Wildman–Crippen LogP) is 4.93. The molecule has 1 aliphatic carbocycles. The Morgan fingerprint density at radius 3 is 2.44 bits per heavy atom. The molecule has 1 aromatic carbocycles. The van der Waals surface area contributed by atoms with Gasteiger partial charge in [-0.25, -0.2) is 0 Å². The van der Waals surface area contributed by atoms with E-state index in [0.29, 0.717) is 5.92 Å². The van der Waals surface area contributed by atoms with Crippen LogP contribution in [0.1, 0.15) is 51.5 Å². The lowest BCUT2D eigenvalue weighted by Gasteiger charge is -2.31. The van der Waals surface area contributed by atoms with Crippen LogP contribution in [-0.4, -0.2) is 0 Å². The van der Waals surface area contributed by atoms with Crippen molar-refractivity contribution in [3.05, 3.63) is 47.0 Å². The molecule has 1 aromatic rings. The van der Waals surface area contributed by atoms with Gasteiger partial charge in [0.05, 0.1) is 0 Å². The highest BCUT2D eigenvalue weighted by atomic mass is 14.3. The lowest BCUT2D eigenvalue weighted by atomic mass is 9.74. The van der Waals surface area contributed by atoms with Gasteiger partial charge in [-0.1, -0.05) is 48.4 Å². The van der Waals surface area contributed by atoms with E-state index in [1.807, 2.05) is 0 Å². The Morgan fingerprint density at radius 2 is 1.81 bits per heavy atom. The zero-order chi connectivity index (χ0) is 11.5. The minimum atomic E-state index is 0.676. The first-order valence-corrected chi connectivity index (χ1v) is 6.39. The number of rotatable bonds is 1. The Morgan fingerprint density at radius 1 is 1.12 bits per heavy atom. The normalized spacial score (nSPS) is 25.6. The van der Waals surface area contributed by atoms with E-state index >= 15 is 0 Å². The highest BCUT2D eigenvalue weighted by Gasteiger charge is 2.25. The third-order valence-electron chi connectivity index (χ3n) is 3.81. The van der Waals surface area contributed by atoms with Crippen molar-refractivity contribution in [2.24, 2.45) is 5.92 Å². The Kier molecular flexibility index (Phi) is 3.48. The fourth-order valence-electron chi connectivity index (χ4n) is 2.86. The molecule has 0 heteroatoms. The number of hydrogen-bond donors (Lipinski definition) is 0. The summed E-state index contributed by atoms with van der Waals surface area (Å²) in [7, 11) is 0. The molecule has 0 bridgehead atoms. The quantitative estimate of drug-likeness (QED) is 0.582. The van der Waals surface area contributed by atoms with Crippen molar-refractivity contribution in [1.29, 1.82) is 0 Å². The minimum absolute atomic E-state index is 0.676. The molecule has 0 radical (unpaired) electrons. The van der Waals surface area contributed by atoms with Gasteiger partial charge in [0.15, 0.2) is 0 Å². The standard InChI is InChI=1S/C16H22/c1-12(2)15-10-9-13(3)11-16(15)14-7-5-4-6-8-14/h4-8,13,16H,9-11H2,1-3H3. The molecule has 0 spiro atoms. The zero-order valence-electron chi connectivity index (χ0n) is 10.7. The first kappa shape index (κ1) is 11.4. The summed E-state index contributed by atoms with van der Waals surface area (Å²) < 4.78 is 0. The topological polar surface area (TPSA) is 0 Å². The molecule has 1 aliphatic rings. The Balaban J connectivity index is 2.32. The highest BCUT2D eigenvalue weighted by molar-refractivity contribution is 5.32. The van der Waals surface area contributed by atoms with Crippen LogP contribution in [0.15, 0.2) is 41.5 Å². The second-order valence-corrected chi connectivity index (χ2v) is 5.37. The van der Waals surface area contributed by atoms with Crippen LogP contribution in [0.4, 0.5) is 0 Å². The van der Waals surface area contributed by atoms with Crippen LogP contribution in [0.5, 0.6) is 0 Å². The van der Waals surface area contributed by atoms with Crippen molar-refractivity contribution >= 4 is 0 Å². The molecule has 0 saturated heterocycles. The van der Waals surface area contributed by atoms with Gasteiger partial charge in [0.2, 0.25) is 0 Å². The van der Waals surface area contributed by atoms with Crippen LogP contribution >= 0.6 is 0 Å². The SMILES string of the molecule is CC(C)=C1CCC(C)CC1c1ccccc1. The lowest BCUT2D eigenvalue weighted by Crippen LogP contribution is -2.15. The smallest absolute Gasteiger partial charge is 0.00531 e. The number of hydrogen-bond acceptors (Lipinski definition) is 0. The van der Waals surface area contributed by atoms with Gasteiger partial charge in [-0.05, 0) is 44.6 Å². The molecule has 0 heterocycles. The summed E-state index contributed by atoms with van der Waals surface area (Å²) in [5.74, 6) is 1.54. The summed E-state index contributed by atoms with van der Waals surface area (Å²) in [5, 5.41) is 0. The molecule has 1 saturated carbocycles. The van der Waals surface area contributed by atoms with E-state index in [4.69, 9.17) is 0 Å². The molecule has 2 atom stereocenters. The summed E-state index contributed by atoms with van der Waals surface area (Å²) in [4.78, 5) is 0. The fourth-order valence-corrected chi connectivity index (χ4v) is 2.86. The van der Waals surface area contributed by atoms with E-state index in [1.54, 1.807) is 5.57 Å². The first-order chi connectivity index (χ1) is 7.68. The largest absolute Gasteiger partial charge is 0.0766 e. The molecule has 2 rings (SSSR count). The molecule has 2 unspecified atom stereocenters. The summed E-state index contributed by atoms with van der Waals surface area (Å²) in [6.45, 7) is 6.92. The average molecular weight is 214 g/mol. The zero-order valence-corrected chi connectivity index (χ0v) is 10.7. The van der Waals surface area contributed by atoms with Gasteiger partial charge in [0.25, 0.3) is 0 Å². The van der Waals surface area contributed by atoms with Gasteiger partial charge in [0.1, 0.15) is 0 Å². The van der Waals surface area contributed by atoms with E-state index in [9.17, 15) is 0 Å². The first-order valence-electron chi connectivity index (χ1n) is 6.39. The van der Waals surface area contributed by atoms with Gasteiger partial charge < -0.3 is 0 Å². The van der Waals surface area contributed by atoms with Crippen LogP contribution in [0, 0.1) is 5.92 Å². The van der Waals surface area contributed by atoms with Crippen LogP contribution < -0.4 is 0 Å². The Labute approximate surface area is 99.4 Å². The van der Waals surface area contributed by atoms with E-state index in [0.717, 1.165) is 5.92 Å². The van der Waals surface area contributed by atoms with Crippen LogP contribution in [0.2, 0.25) is 0 Å². The van der Waals surface area contributed by atoms with Gasteiger partial charge in [-0.15, -0.1) is 0 Å². The summed E-state index contributed by atoms with van der Waals surface area (Å²) >= 11 is 0. The van der Waals surface area contributed by atoms with Crippen molar-refractivity contribution in [1.82, 2.24) is 0 Å². The fraction of sp³-hybridized carbons (Fsp3) is 0.500. The average Bonchev–Trinajstić information content (AvgIpc) is 2.29. The summed E-state index contributed by atoms with van der Waals surface area (Å²) in [6.07, 6.45) is 3.98. The third-order valence-corrected chi connectivity index (χ3v) is 3.81. The van der Waals surface area contributed by atoms with Gasteiger partial charge in [-0.3, -0.25) is 0 Å². The molecular formula is C16H22. The third kappa shape index (κ3) is 2.37. The highest BCUT2D eigenvalue weighted by Crippen LogP contribution is 2.41. The van der Waals surface area contributed by atoms with Crippen LogP contribution in [-0.2, 0) is 0 Å². The molecule has 86 valence electrons. The second-order valence-electron chi connectivity index (χ2n) is 5.37. The summed E-state index contributed by atoms with van der Waals surface area (Å²) in [5.41, 5.74) is 4.72. The Bertz CT molecular complexity index is 368. The lowest BCUT2D eigenvalue weighted by molar-refractivity contribution is 0.406. The van der Waals surface area contributed by atoms with Gasteiger partial charge in [-0.2, -0.15) is 0 Å². The van der Waals surface area contributed by atoms with Crippen molar-refractivity contribution in [3.8, 4) is 0 Å². The van der Waals surface area contributed by atoms with Gasteiger partial charge in [0, 0.05) is 5.92 Å². The molecule has 0 aromatic heterocycles. The van der Waals surface area contributed by atoms with Crippen LogP contribution in [0.25, 0.3) is 0 Å². The molecule has 0 amide bonds. The van der Waals surface area contributed by atoms with Crippen molar-refractivity contribution < 1.29 is 0 Å². The molecule has 16 heavy (non-hydrogen) atoms. The maximum Gasteiger partial charge on any atom is 0.00531 e. The Hall–Kier alpha value is -1.04. The molecule has 1 fully saturated rings. The van der Waals surface area contributed by atoms with Gasteiger partial charge >= 0.3 is 0 Å². The van der Waals surface area contributed by atoms with E-state index in [1.165, 1.54) is 30.4 Å². The minimum Gasteiger partial charge on any atom is -0.0766 e. The predicted molar refractivity (Wildman–Crippen MR) is 70.6 cm³/mol. The van der Waals surface area contributed by atoms with E-state index in [2.05, 4.69) is 51.1 Å². The molecule has 0 aliphatic heterocycles. The van der Waals surface area contributed by atoms with E-state index < -0.39 is 0 Å². The maximum absolute atomic E-state index is 2.39. The van der Waals surface area contributed by atoms with E-state index in [-0.39, 0.29) is 0 Å². The molecular weight excluding hydrogens is 192 g/mol. The second kappa shape index (κ2) is 4.86. The summed E-state index contributed by atoms with van der Waals surface area (Å²) in [6, 6.07) is 11.0.